The Bertz CT molecular complexity index is 950. The molecule has 2 N–H and O–H groups in total. The molecular formula is C17H12F2N2. The first-order valence-corrected chi connectivity index (χ1v) is 6.72. The van der Waals surface area contributed by atoms with Crippen molar-refractivity contribution < 1.29 is 8.78 Å². The van der Waals surface area contributed by atoms with E-state index in [1.54, 1.807) is 12.1 Å². The summed E-state index contributed by atoms with van der Waals surface area (Å²) in [6, 6.07) is 11.6. The lowest BCUT2D eigenvalue weighted by Crippen LogP contribution is -1.86. The van der Waals surface area contributed by atoms with Crippen LogP contribution in [-0.4, -0.2) is 9.97 Å². The van der Waals surface area contributed by atoms with E-state index in [4.69, 9.17) is 0 Å². The van der Waals surface area contributed by atoms with E-state index in [1.165, 1.54) is 18.2 Å². The highest BCUT2D eigenvalue weighted by Crippen LogP contribution is 2.24. The summed E-state index contributed by atoms with van der Waals surface area (Å²) < 4.78 is 26.9. The van der Waals surface area contributed by atoms with Gasteiger partial charge in [-0.25, -0.2) is 8.78 Å². The number of aromatic nitrogens is 2. The third-order valence-electron chi connectivity index (χ3n) is 3.77. The molecule has 0 spiro atoms. The van der Waals surface area contributed by atoms with Gasteiger partial charge in [0.2, 0.25) is 0 Å². The lowest BCUT2D eigenvalue weighted by Gasteiger charge is -1.97. The first-order chi connectivity index (χ1) is 10.2. The molecule has 0 aliphatic rings. The number of rotatable bonds is 2. The molecule has 2 nitrogen and oxygen atoms in total. The van der Waals surface area contributed by atoms with Gasteiger partial charge in [0.15, 0.2) is 0 Å². The predicted octanol–water partition coefficient (Wildman–Crippen LogP) is 4.52. The molecule has 2 aromatic heterocycles. The van der Waals surface area contributed by atoms with Gasteiger partial charge in [-0.15, -0.1) is 0 Å². The summed E-state index contributed by atoms with van der Waals surface area (Å²) in [5, 5.41) is 1.72. The van der Waals surface area contributed by atoms with Crippen LogP contribution in [0.3, 0.4) is 0 Å². The molecule has 2 aromatic carbocycles. The van der Waals surface area contributed by atoms with Crippen molar-refractivity contribution in [2.45, 2.75) is 6.42 Å². The maximum Gasteiger partial charge on any atom is 0.147 e. The summed E-state index contributed by atoms with van der Waals surface area (Å²) >= 11 is 0. The van der Waals surface area contributed by atoms with Gasteiger partial charge >= 0.3 is 0 Å². The van der Waals surface area contributed by atoms with Crippen LogP contribution < -0.4 is 0 Å². The highest BCUT2D eigenvalue weighted by atomic mass is 19.1. The van der Waals surface area contributed by atoms with Crippen LogP contribution in [0.1, 0.15) is 11.3 Å². The Hall–Kier alpha value is -2.62. The van der Waals surface area contributed by atoms with Gasteiger partial charge in [0.05, 0.1) is 5.52 Å². The van der Waals surface area contributed by atoms with Crippen molar-refractivity contribution in [2.24, 2.45) is 0 Å². The molecule has 0 saturated carbocycles. The van der Waals surface area contributed by atoms with Crippen molar-refractivity contribution in [3.05, 3.63) is 71.6 Å². The summed E-state index contributed by atoms with van der Waals surface area (Å²) in [5.74, 6) is -0.500. The van der Waals surface area contributed by atoms with Gasteiger partial charge in [-0.3, -0.25) is 0 Å². The summed E-state index contributed by atoms with van der Waals surface area (Å²) in [5.41, 5.74) is 3.41. The molecule has 0 fully saturated rings. The van der Waals surface area contributed by atoms with E-state index >= 15 is 0 Å². The molecule has 0 saturated heterocycles. The van der Waals surface area contributed by atoms with Gasteiger partial charge in [-0.2, -0.15) is 0 Å². The van der Waals surface area contributed by atoms with Gasteiger partial charge in [0.25, 0.3) is 0 Å². The average Bonchev–Trinajstić information content (AvgIpc) is 3.04. The van der Waals surface area contributed by atoms with E-state index in [1.807, 2.05) is 18.3 Å². The molecule has 0 amide bonds. The van der Waals surface area contributed by atoms with Gasteiger partial charge in [-0.1, -0.05) is 12.1 Å². The van der Waals surface area contributed by atoms with Gasteiger partial charge in [0.1, 0.15) is 11.6 Å². The lowest BCUT2D eigenvalue weighted by molar-refractivity contribution is 0.629. The predicted molar refractivity (Wildman–Crippen MR) is 79.3 cm³/mol. The molecule has 0 bridgehead atoms. The lowest BCUT2D eigenvalue weighted by atomic mass is 10.1. The largest absolute Gasteiger partial charge is 0.359 e. The van der Waals surface area contributed by atoms with Crippen molar-refractivity contribution in [3.63, 3.8) is 0 Å². The third kappa shape index (κ3) is 2.00. The topological polar surface area (TPSA) is 31.6 Å². The smallest absolute Gasteiger partial charge is 0.147 e. The molecule has 0 aliphatic heterocycles. The van der Waals surface area contributed by atoms with Crippen molar-refractivity contribution >= 4 is 21.8 Å². The van der Waals surface area contributed by atoms with Gasteiger partial charge in [0, 0.05) is 34.6 Å². The second-order valence-corrected chi connectivity index (χ2v) is 5.18. The number of hydrogen-bond donors (Lipinski definition) is 2. The normalized spacial score (nSPS) is 11.5. The van der Waals surface area contributed by atoms with Crippen LogP contribution in [0.5, 0.6) is 0 Å². The fourth-order valence-corrected chi connectivity index (χ4v) is 2.79. The summed E-state index contributed by atoms with van der Waals surface area (Å²) in [4.78, 5) is 6.24. The quantitative estimate of drug-likeness (QED) is 0.542. The minimum atomic E-state index is -0.252. The van der Waals surface area contributed by atoms with E-state index < -0.39 is 0 Å². The Balaban J connectivity index is 1.77. The van der Waals surface area contributed by atoms with E-state index in [9.17, 15) is 8.78 Å². The number of halogens is 2. The van der Waals surface area contributed by atoms with Crippen LogP contribution in [0.4, 0.5) is 8.78 Å². The standard InChI is InChI=1S/C17H12F2N2/c18-12-4-5-16-10(6-12)7-13(21-16)8-11-9-20-17-14(11)2-1-3-15(17)19/h1-7,9,20-21H,8H2. The Morgan fingerprint density at radius 2 is 1.90 bits per heavy atom. The maximum atomic E-state index is 13.7. The Morgan fingerprint density at radius 1 is 1.00 bits per heavy atom. The van der Waals surface area contributed by atoms with Crippen LogP contribution in [0.25, 0.3) is 21.8 Å². The average molecular weight is 282 g/mol. The van der Waals surface area contributed by atoms with Gasteiger partial charge < -0.3 is 9.97 Å². The fourth-order valence-electron chi connectivity index (χ4n) is 2.79. The zero-order chi connectivity index (χ0) is 14.4. The number of H-pyrrole nitrogens is 2. The molecule has 2 heterocycles. The molecule has 0 atom stereocenters. The molecule has 0 aliphatic carbocycles. The van der Waals surface area contributed by atoms with Crippen molar-refractivity contribution in [1.29, 1.82) is 0 Å². The molecule has 0 unspecified atom stereocenters. The summed E-state index contributed by atoms with van der Waals surface area (Å²) in [6.45, 7) is 0. The Morgan fingerprint density at radius 3 is 2.81 bits per heavy atom. The molecule has 0 radical (unpaired) electrons. The molecule has 4 heteroatoms. The molecular weight excluding hydrogens is 270 g/mol. The molecule has 4 rings (SSSR count). The fraction of sp³-hybridized carbons (Fsp3) is 0.0588. The Labute approximate surface area is 119 Å². The molecule has 4 aromatic rings. The third-order valence-corrected chi connectivity index (χ3v) is 3.77. The second-order valence-electron chi connectivity index (χ2n) is 5.18. The summed E-state index contributed by atoms with van der Waals surface area (Å²) in [6.07, 6.45) is 2.46. The first-order valence-electron chi connectivity index (χ1n) is 6.72. The number of fused-ring (bicyclic) bond motifs is 2. The van der Waals surface area contributed by atoms with E-state index in [-0.39, 0.29) is 11.6 Å². The second kappa shape index (κ2) is 4.45. The number of hydrogen-bond acceptors (Lipinski definition) is 0. The number of para-hydroxylation sites is 1. The van der Waals surface area contributed by atoms with Crippen molar-refractivity contribution in [2.75, 3.05) is 0 Å². The van der Waals surface area contributed by atoms with Crippen LogP contribution in [-0.2, 0) is 6.42 Å². The molecule has 21 heavy (non-hydrogen) atoms. The first kappa shape index (κ1) is 12.1. The highest BCUT2D eigenvalue weighted by molar-refractivity contribution is 5.85. The minimum Gasteiger partial charge on any atom is -0.359 e. The summed E-state index contributed by atoms with van der Waals surface area (Å²) in [7, 11) is 0. The van der Waals surface area contributed by atoms with Crippen LogP contribution >= 0.6 is 0 Å². The van der Waals surface area contributed by atoms with E-state index in [0.29, 0.717) is 11.9 Å². The zero-order valence-electron chi connectivity index (χ0n) is 11.1. The minimum absolute atomic E-state index is 0.248. The number of aromatic amines is 2. The van der Waals surface area contributed by atoms with E-state index in [2.05, 4.69) is 9.97 Å². The number of nitrogens with one attached hydrogen (secondary N) is 2. The van der Waals surface area contributed by atoms with Crippen LogP contribution in [0, 0.1) is 11.6 Å². The van der Waals surface area contributed by atoms with Crippen LogP contribution in [0.2, 0.25) is 0 Å². The van der Waals surface area contributed by atoms with Crippen molar-refractivity contribution in [1.82, 2.24) is 9.97 Å². The number of benzene rings is 2. The van der Waals surface area contributed by atoms with Crippen LogP contribution in [0.15, 0.2) is 48.7 Å². The monoisotopic (exact) mass is 282 g/mol. The van der Waals surface area contributed by atoms with Gasteiger partial charge in [-0.05, 0) is 35.9 Å². The Kier molecular flexibility index (Phi) is 2.57. The molecule has 104 valence electrons. The maximum absolute atomic E-state index is 13.7. The SMILES string of the molecule is Fc1ccc2[nH]c(Cc3c[nH]c4c(F)cccc34)cc2c1. The zero-order valence-corrected chi connectivity index (χ0v) is 11.1. The van der Waals surface area contributed by atoms with Crippen molar-refractivity contribution in [3.8, 4) is 0 Å². The highest BCUT2D eigenvalue weighted by Gasteiger charge is 2.09. The van der Waals surface area contributed by atoms with E-state index in [0.717, 1.165) is 27.5 Å².